The molecule has 0 aliphatic carbocycles. The number of carbonyl (C=O) groups is 1. The molecule has 0 aliphatic rings. The third kappa shape index (κ3) is 3.97. The first-order chi connectivity index (χ1) is 12.6. The van der Waals surface area contributed by atoms with Gasteiger partial charge in [0.1, 0.15) is 18.1 Å². The molecule has 0 bridgehead atoms. The molecule has 3 rings (SSSR count). The number of carbonyl (C=O) groups excluding carboxylic acids is 1. The Labute approximate surface area is 155 Å². The SMILES string of the molecule is CC(C)(C)c1ccc(O)c(NC(=O)Cn2cnc3ccc(F)cc3c2=O)c1. The molecular weight excluding hydrogens is 349 g/mol. The summed E-state index contributed by atoms with van der Waals surface area (Å²) in [5.74, 6) is -1.12. The van der Waals surface area contributed by atoms with Crippen LogP contribution in [0.3, 0.4) is 0 Å². The van der Waals surface area contributed by atoms with Crippen LogP contribution in [0.4, 0.5) is 10.1 Å². The fraction of sp³-hybridized carbons (Fsp3) is 0.250. The number of rotatable bonds is 3. The normalized spacial score (nSPS) is 11.6. The van der Waals surface area contributed by atoms with E-state index in [-0.39, 0.29) is 28.8 Å². The maximum atomic E-state index is 13.4. The number of hydrogen-bond donors (Lipinski definition) is 2. The predicted octanol–water partition coefficient (Wildman–Crippen LogP) is 3.18. The van der Waals surface area contributed by atoms with E-state index in [1.807, 2.05) is 20.8 Å². The Balaban J connectivity index is 1.86. The van der Waals surface area contributed by atoms with Gasteiger partial charge in [-0.1, -0.05) is 26.8 Å². The van der Waals surface area contributed by atoms with Crippen LogP contribution >= 0.6 is 0 Å². The van der Waals surface area contributed by atoms with Crippen molar-refractivity contribution < 1.29 is 14.3 Å². The van der Waals surface area contributed by atoms with E-state index in [0.717, 1.165) is 16.2 Å². The van der Waals surface area contributed by atoms with Crippen molar-refractivity contribution in [3.05, 3.63) is 64.5 Å². The number of phenolic OH excluding ortho intramolecular Hbond substituents is 1. The van der Waals surface area contributed by atoms with Gasteiger partial charge in [0.2, 0.25) is 5.91 Å². The molecule has 1 heterocycles. The average molecular weight is 369 g/mol. The van der Waals surface area contributed by atoms with Gasteiger partial charge >= 0.3 is 0 Å². The van der Waals surface area contributed by atoms with E-state index in [1.165, 1.54) is 24.5 Å². The minimum absolute atomic E-state index is 0.0672. The van der Waals surface area contributed by atoms with Gasteiger partial charge in [0.15, 0.2) is 0 Å². The summed E-state index contributed by atoms with van der Waals surface area (Å²) in [6.45, 7) is 5.75. The first-order valence-corrected chi connectivity index (χ1v) is 8.43. The largest absolute Gasteiger partial charge is 0.506 e. The van der Waals surface area contributed by atoms with Gasteiger partial charge in [-0.25, -0.2) is 9.37 Å². The van der Waals surface area contributed by atoms with Gasteiger partial charge in [0.05, 0.1) is 22.9 Å². The van der Waals surface area contributed by atoms with Crippen LogP contribution in [0.2, 0.25) is 0 Å². The van der Waals surface area contributed by atoms with Crippen molar-refractivity contribution in [2.45, 2.75) is 32.7 Å². The van der Waals surface area contributed by atoms with E-state index in [4.69, 9.17) is 0 Å². The first kappa shape index (κ1) is 18.6. The molecule has 0 aliphatic heterocycles. The minimum Gasteiger partial charge on any atom is -0.506 e. The maximum Gasteiger partial charge on any atom is 0.261 e. The van der Waals surface area contributed by atoms with Crippen molar-refractivity contribution in [2.24, 2.45) is 0 Å². The smallest absolute Gasteiger partial charge is 0.261 e. The van der Waals surface area contributed by atoms with Gasteiger partial charge in [-0.3, -0.25) is 14.2 Å². The van der Waals surface area contributed by atoms with Crippen molar-refractivity contribution in [1.29, 1.82) is 0 Å². The zero-order chi connectivity index (χ0) is 19.8. The van der Waals surface area contributed by atoms with Crippen LogP contribution in [-0.2, 0) is 16.8 Å². The number of aromatic nitrogens is 2. The zero-order valence-electron chi connectivity index (χ0n) is 15.3. The lowest BCUT2D eigenvalue weighted by molar-refractivity contribution is -0.116. The summed E-state index contributed by atoms with van der Waals surface area (Å²) in [7, 11) is 0. The summed E-state index contributed by atoms with van der Waals surface area (Å²) in [6.07, 6.45) is 1.24. The Kier molecular flexibility index (Phi) is 4.70. The Morgan fingerprint density at radius 1 is 1.22 bits per heavy atom. The summed E-state index contributed by atoms with van der Waals surface area (Å²) < 4.78 is 14.5. The van der Waals surface area contributed by atoms with Crippen LogP contribution in [0.15, 0.2) is 47.5 Å². The number of nitrogens with zero attached hydrogens (tertiary/aromatic N) is 2. The van der Waals surface area contributed by atoms with E-state index in [1.54, 1.807) is 12.1 Å². The van der Waals surface area contributed by atoms with E-state index < -0.39 is 17.3 Å². The standard InChI is InChI=1S/C20H20FN3O3/c1-20(2,3)12-4-7-17(25)16(8-12)23-18(26)10-24-11-22-15-6-5-13(21)9-14(15)19(24)27/h4-9,11,25H,10H2,1-3H3,(H,23,26). The molecule has 0 saturated heterocycles. The number of fused-ring (bicyclic) bond motifs is 1. The molecule has 0 unspecified atom stereocenters. The number of amides is 1. The van der Waals surface area contributed by atoms with Crippen LogP contribution in [-0.4, -0.2) is 20.6 Å². The van der Waals surface area contributed by atoms with E-state index in [9.17, 15) is 19.1 Å². The topological polar surface area (TPSA) is 84.2 Å². The summed E-state index contributed by atoms with van der Waals surface area (Å²) >= 11 is 0. The van der Waals surface area contributed by atoms with Crippen molar-refractivity contribution in [1.82, 2.24) is 9.55 Å². The summed E-state index contributed by atoms with van der Waals surface area (Å²) in [5.41, 5.74) is 0.892. The van der Waals surface area contributed by atoms with Crippen molar-refractivity contribution >= 4 is 22.5 Å². The maximum absolute atomic E-state index is 13.4. The molecule has 2 N–H and O–H groups in total. The van der Waals surface area contributed by atoms with E-state index >= 15 is 0 Å². The minimum atomic E-state index is -0.549. The molecule has 1 aromatic heterocycles. The predicted molar refractivity (Wildman–Crippen MR) is 101 cm³/mol. The lowest BCUT2D eigenvalue weighted by Gasteiger charge is -2.20. The van der Waals surface area contributed by atoms with Gasteiger partial charge < -0.3 is 10.4 Å². The number of phenols is 1. The third-order valence-corrected chi connectivity index (χ3v) is 4.24. The highest BCUT2D eigenvalue weighted by Gasteiger charge is 2.17. The van der Waals surface area contributed by atoms with Crippen LogP contribution in [0.25, 0.3) is 10.9 Å². The molecule has 2 aromatic carbocycles. The second-order valence-corrected chi connectivity index (χ2v) is 7.37. The molecular formula is C20H20FN3O3. The molecule has 0 atom stereocenters. The Morgan fingerprint density at radius 2 is 1.96 bits per heavy atom. The Morgan fingerprint density at radius 3 is 2.67 bits per heavy atom. The first-order valence-electron chi connectivity index (χ1n) is 8.43. The molecule has 1 amide bonds. The van der Waals surface area contributed by atoms with E-state index in [2.05, 4.69) is 10.3 Å². The molecule has 0 radical (unpaired) electrons. The molecule has 7 heteroatoms. The number of aromatic hydroxyl groups is 1. The molecule has 0 spiro atoms. The second kappa shape index (κ2) is 6.83. The van der Waals surface area contributed by atoms with E-state index in [0.29, 0.717) is 5.52 Å². The van der Waals surface area contributed by atoms with Crippen molar-refractivity contribution in [2.75, 3.05) is 5.32 Å². The number of nitrogens with one attached hydrogen (secondary N) is 1. The number of hydrogen-bond acceptors (Lipinski definition) is 4. The van der Waals surface area contributed by atoms with Gasteiger partial charge in [-0.05, 0) is 41.3 Å². The van der Waals surface area contributed by atoms with Gasteiger partial charge in [-0.15, -0.1) is 0 Å². The van der Waals surface area contributed by atoms with Crippen LogP contribution < -0.4 is 10.9 Å². The quantitative estimate of drug-likeness (QED) is 0.695. The molecule has 3 aromatic rings. The molecule has 6 nitrogen and oxygen atoms in total. The van der Waals surface area contributed by atoms with Crippen LogP contribution in [0, 0.1) is 5.82 Å². The van der Waals surface area contributed by atoms with Crippen molar-refractivity contribution in [3.63, 3.8) is 0 Å². The molecule has 0 fully saturated rings. The monoisotopic (exact) mass is 369 g/mol. The number of anilines is 1. The zero-order valence-corrected chi connectivity index (χ0v) is 15.3. The molecule has 140 valence electrons. The lowest BCUT2D eigenvalue weighted by atomic mass is 9.87. The number of halogens is 1. The number of benzene rings is 2. The highest BCUT2D eigenvalue weighted by molar-refractivity contribution is 5.92. The van der Waals surface area contributed by atoms with Crippen LogP contribution in [0.5, 0.6) is 5.75 Å². The third-order valence-electron chi connectivity index (χ3n) is 4.24. The summed E-state index contributed by atoms with van der Waals surface area (Å²) in [4.78, 5) is 28.9. The summed E-state index contributed by atoms with van der Waals surface area (Å²) in [6, 6.07) is 8.73. The highest BCUT2D eigenvalue weighted by Crippen LogP contribution is 2.30. The van der Waals surface area contributed by atoms with Gasteiger partial charge in [0, 0.05) is 0 Å². The Hall–Kier alpha value is -3.22. The van der Waals surface area contributed by atoms with Crippen molar-refractivity contribution in [3.8, 4) is 5.75 Å². The lowest BCUT2D eigenvalue weighted by Crippen LogP contribution is -2.28. The molecule has 0 saturated carbocycles. The van der Waals surface area contributed by atoms with Crippen LogP contribution in [0.1, 0.15) is 26.3 Å². The fourth-order valence-corrected chi connectivity index (χ4v) is 2.69. The average Bonchev–Trinajstić information content (AvgIpc) is 2.59. The second-order valence-electron chi connectivity index (χ2n) is 7.37. The van der Waals surface area contributed by atoms with Gasteiger partial charge in [0.25, 0.3) is 5.56 Å². The van der Waals surface area contributed by atoms with Gasteiger partial charge in [-0.2, -0.15) is 0 Å². The molecule has 27 heavy (non-hydrogen) atoms. The Bertz CT molecular complexity index is 1080. The fourth-order valence-electron chi connectivity index (χ4n) is 2.69. The highest BCUT2D eigenvalue weighted by atomic mass is 19.1. The summed E-state index contributed by atoms with van der Waals surface area (Å²) in [5, 5.41) is 12.7.